The van der Waals surface area contributed by atoms with Gasteiger partial charge in [-0.05, 0) is 0 Å². The normalized spacial score (nSPS) is 12.9. The fourth-order valence-corrected chi connectivity index (χ4v) is 0. The first-order chi connectivity index (χ1) is 2.94. The van der Waals surface area contributed by atoms with Gasteiger partial charge in [-0.3, -0.25) is 0 Å². The standard InChI is InChI=1S/C3H7Cl3Si/c1-7(2)3(4,5)6/h7H,1-2H3. The zero-order valence-corrected chi connectivity index (χ0v) is 7.63. The lowest BCUT2D eigenvalue weighted by Gasteiger charge is -2.12. The maximum atomic E-state index is 5.46. The molecule has 0 aliphatic carbocycles. The highest BCUT2D eigenvalue weighted by atomic mass is 35.6. The third kappa shape index (κ3) is 3.65. The zero-order chi connectivity index (χ0) is 6.08. The molecule has 0 aliphatic heterocycles. The number of hydrogen-bond acceptors (Lipinski definition) is 0. The molecule has 0 aromatic rings. The number of halogens is 3. The quantitative estimate of drug-likeness (QED) is 0.394. The van der Waals surface area contributed by atoms with E-state index in [2.05, 4.69) is 0 Å². The summed E-state index contributed by atoms with van der Waals surface area (Å²) in [5.74, 6) is 0. The summed E-state index contributed by atoms with van der Waals surface area (Å²) in [4.78, 5) is 0. The predicted molar refractivity (Wildman–Crippen MR) is 39.2 cm³/mol. The lowest BCUT2D eigenvalue weighted by Crippen LogP contribution is -2.22. The van der Waals surface area contributed by atoms with Crippen LogP contribution in [0, 0.1) is 0 Å². The van der Waals surface area contributed by atoms with E-state index in [4.69, 9.17) is 34.8 Å². The molecule has 0 bridgehead atoms. The summed E-state index contributed by atoms with van der Waals surface area (Å²) in [6, 6.07) is 0. The van der Waals surface area contributed by atoms with Crippen LogP contribution in [-0.4, -0.2) is 12.2 Å². The Bertz CT molecular complexity index is 55.7. The van der Waals surface area contributed by atoms with E-state index < -0.39 is 12.2 Å². The molecule has 4 heteroatoms. The van der Waals surface area contributed by atoms with E-state index in [0.717, 1.165) is 0 Å². The largest absolute Gasteiger partial charge is 0.172 e. The van der Waals surface area contributed by atoms with Gasteiger partial charge in [0.25, 0.3) is 0 Å². The second-order valence-electron chi connectivity index (χ2n) is 1.70. The highest BCUT2D eigenvalue weighted by Gasteiger charge is 2.24. The van der Waals surface area contributed by atoms with Crippen LogP contribution in [0.2, 0.25) is 13.1 Å². The van der Waals surface area contributed by atoms with Gasteiger partial charge in [0.05, 0.1) is 8.80 Å². The van der Waals surface area contributed by atoms with Crippen LogP contribution in [0.25, 0.3) is 0 Å². The average Bonchev–Trinajstić information content (AvgIpc) is 1.31. The smallest absolute Gasteiger partial charge is 0.0887 e. The molecular weight excluding hydrogens is 170 g/mol. The lowest BCUT2D eigenvalue weighted by molar-refractivity contribution is 1.60. The summed E-state index contributed by atoms with van der Waals surface area (Å²) in [6.45, 7) is 3.99. The molecule has 0 saturated heterocycles. The number of rotatable bonds is 0. The molecule has 7 heavy (non-hydrogen) atoms. The van der Waals surface area contributed by atoms with Crippen molar-refractivity contribution in [3.05, 3.63) is 0 Å². The van der Waals surface area contributed by atoms with Crippen molar-refractivity contribution < 1.29 is 0 Å². The molecule has 0 rings (SSSR count). The number of alkyl halides is 3. The van der Waals surface area contributed by atoms with Crippen LogP contribution in [0.4, 0.5) is 0 Å². The van der Waals surface area contributed by atoms with Crippen LogP contribution in [0.3, 0.4) is 0 Å². The van der Waals surface area contributed by atoms with Crippen molar-refractivity contribution in [2.24, 2.45) is 0 Å². The Hall–Kier alpha value is 1.09. The van der Waals surface area contributed by atoms with Gasteiger partial charge < -0.3 is 0 Å². The highest BCUT2D eigenvalue weighted by Crippen LogP contribution is 2.28. The minimum Gasteiger partial charge on any atom is -0.0887 e. The topological polar surface area (TPSA) is 0 Å². The summed E-state index contributed by atoms with van der Waals surface area (Å²) in [6.07, 6.45) is 0. The molecule has 0 N–H and O–H groups in total. The van der Waals surface area contributed by atoms with Crippen molar-refractivity contribution >= 4 is 43.6 Å². The van der Waals surface area contributed by atoms with Gasteiger partial charge in [-0.2, -0.15) is 0 Å². The van der Waals surface area contributed by atoms with Gasteiger partial charge in [0.2, 0.25) is 0 Å². The van der Waals surface area contributed by atoms with Crippen molar-refractivity contribution in [2.75, 3.05) is 0 Å². The van der Waals surface area contributed by atoms with E-state index in [1.807, 2.05) is 13.1 Å². The molecule has 0 nitrogen and oxygen atoms in total. The van der Waals surface area contributed by atoms with Crippen LogP contribution in [0.15, 0.2) is 0 Å². The van der Waals surface area contributed by atoms with E-state index in [9.17, 15) is 0 Å². The first-order valence-corrected chi connectivity index (χ1v) is 6.03. The summed E-state index contributed by atoms with van der Waals surface area (Å²) in [5, 5.41) is 0. The van der Waals surface area contributed by atoms with Gasteiger partial charge in [0.15, 0.2) is 3.42 Å². The lowest BCUT2D eigenvalue weighted by atomic mass is 11.8. The van der Waals surface area contributed by atoms with Gasteiger partial charge in [-0.15, -0.1) is 0 Å². The Balaban J connectivity index is 3.54. The van der Waals surface area contributed by atoms with Crippen LogP contribution in [0.1, 0.15) is 0 Å². The average molecular weight is 178 g/mol. The Labute approximate surface area is 60.4 Å². The molecule has 0 amide bonds. The summed E-state index contributed by atoms with van der Waals surface area (Å²) >= 11 is 16.4. The van der Waals surface area contributed by atoms with Crippen molar-refractivity contribution in [3.63, 3.8) is 0 Å². The minimum atomic E-state index is -1.06. The third-order valence-corrected chi connectivity index (χ3v) is 5.89. The second kappa shape index (κ2) is 2.58. The maximum absolute atomic E-state index is 5.46. The first kappa shape index (κ1) is 8.09. The Morgan fingerprint density at radius 2 is 1.29 bits per heavy atom. The van der Waals surface area contributed by atoms with E-state index >= 15 is 0 Å². The molecule has 0 atom stereocenters. The molecule has 0 aromatic carbocycles. The minimum absolute atomic E-state index is 0.944. The Morgan fingerprint density at radius 3 is 1.29 bits per heavy atom. The molecule has 0 spiro atoms. The monoisotopic (exact) mass is 176 g/mol. The summed E-state index contributed by atoms with van der Waals surface area (Å²) in [7, 11) is -1.06. The molecule has 0 aliphatic rings. The van der Waals surface area contributed by atoms with Crippen LogP contribution in [-0.2, 0) is 0 Å². The molecule has 0 fully saturated rings. The first-order valence-electron chi connectivity index (χ1n) is 2.01. The van der Waals surface area contributed by atoms with Crippen molar-refractivity contribution in [1.29, 1.82) is 0 Å². The molecule has 0 heterocycles. The fourth-order valence-electron chi connectivity index (χ4n) is 0. The van der Waals surface area contributed by atoms with Crippen LogP contribution >= 0.6 is 34.8 Å². The van der Waals surface area contributed by atoms with Crippen LogP contribution in [0.5, 0.6) is 0 Å². The summed E-state index contributed by atoms with van der Waals surface area (Å²) < 4.78 is -0.944. The van der Waals surface area contributed by atoms with Crippen molar-refractivity contribution in [3.8, 4) is 0 Å². The molecule has 0 aromatic heterocycles. The van der Waals surface area contributed by atoms with E-state index in [0.29, 0.717) is 0 Å². The third-order valence-electron chi connectivity index (χ3n) is 0.655. The molecule has 44 valence electrons. The van der Waals surface area contributed by atoms with Gasteiger partial charge in [0, 0.05) is 0 Å². The summed E-state index contributed by atoms with van der Waals surface area (Å²) in [5.41, 5.74) is 0. The molecule has 0 saturated carbocycles. The number of hydrogen-bond donors (Lipinski definition) is 0. The molecular formula is C3H7Cl3Si. The maximum Gasteiger partial charge on any atom is 0.172 e. The molecule has 0 radical (unpaired) electrons. The highest BCUT2D eigenvalue weighted by molar-refractivity contribution is 6.93. The molecule has 0 unspecified atom stereocenters. The van der Waals surface area contributed by atoms with E-state index in [-0.39, 0.29) is 0 Å². The van der Waals surface area contributed by atoms with Crippen LogP contribution < -0.4 is 0 Å². The van der Waals surface area contributed by atoms with Gasteiger partial charge in [0.1, 0.15) is 0 Å². The predicted octanol–water partition coefficient (Wildman–Crippen LogP) is 2.38. The van der Waals surface area contributed by atoms with E-state index in [1.54, 1.807) is 0 Å². The SMILES string of the molecule is C[SiH](C)C(Cl)(Cl)Cl. The van der Waals surface area contributed by atoms with Gasteiger partial charge >= 0.3 is 0 Å². The van der Waals surface area contributed by atoms with Crippen molar-refractivity contribution in [2.45, 2.75) is 16.5 Å². The Kier molecular flexibility index (Phi) is 2.98. The second-order valence-corrected chi connectivity index (χ2v) is 8.34. The van der Waals surface area contributed by atoms with Gasteiger partial charge in [-0.1, -0.05) is 47.9 Å². The fraction of sp³-hybridized carbons (Fsp3) is 1.00. The van der Waals surface area contributed by atoms with E-state index in [1.165, 1.54) is 0 Å². The zero-order valence-electron chi connectivity index (χ0n) is 4.21. The van der Waals surface area contributed by atoms with Gasteiger partial charge in [-0.25, -0.2) is 0 Å². The van der Waals surface area contributed by atoms with Crippen molar-refractivity contribution in [1.82, 2.24) is 0 Å². The Morgan fingerprint density at radius 1 is 1.14 bits per heavy atom.